The molecule has 0 spiro atoms. The van der Waals surface area contributed by atoms with Gasteiger partial charge in [0.25, 0.3) is 0 Å². The van der Waals surface area contributed by atoms with Crippen molar-refractivity contribution in [3.63, 3.8) is 0 Å². The van der Waals surface area contributed by atoms with Crippen LogP contribution < -0.4 is 5.32 Å². The van der Waals surface area contributed by atoms with E-state index in [0.717, 1.165) is 12.5 Å². The Morgan fingerprint density at radius 3 is 2.80 bits per heavy atom. The monoisotopic (exact) mass is 223 g/mol. The van der Waals surface area contributed by atoms with Crippen molar-refractivity contribution in [3.8, 4) is 0 Å². The maximum Gasteiger partial charge on any atom is 0.0304 e. The average molecular weight is 223 g/mol. The Balaban J connectivity index is 1.80. The van der Waals surface area contributed by atoms with Gasteiger partial charge in [-0.25, -0.2) is 0 Å². The second-order valence-corrected chi connectivity index (χ2v) is 5.74. The van der Waals surface area contributed by atoms with Crippen LogP contribution in [0.1, 0.15) is 43.0 Å². The van der Waals surface area contributed by atoms with Gasteiger partial charge in [0, 0.05) is 17.5 Å². The molecule has 0 bridgehead atoms. The van der Waals surface area contributed by atoms with E-state index in [1.54, 1.807) is 0 Å². The number of nitrogens with one attached hydrogen (secondary N) is 1. The molecule has 15 heavy (non-hydrogen) atoms. The highest BCUT2D eigenvalue weighted by atomic mass is 32.1. The van der Waals surface area contributed by atoms with Gasteiger partial charge in [0.2, 0.25) is 0 Å². The van der Waals surface area contributed by atoms with Crippen LogP contribution in [0.3, 0.4) is 0 Å². The highest BCUT2D eigenvalue weighted by Crippen LogP contribution is 2.27. The highest BCUT2D eigenvalue weighted by molar-refractivity contribution is 7.10. The largest absolute Gasteiger partial charge is 0.309 e. The first-order valence-corrected chi connectivity index (χ1v) is 6.91. The molecular weight excluding hydrogens is 202 g/mol. The third-order valence-electron chi connectivity index (χ3n) is 3.66. The molecule has 1 aliphatic rings. The van der Waals surface area contributed by atoms with E-state index in [2.05, 4.69) is 30.6 Å². The first-order valence-electron chi connectivity index (χ1n) is 6.03. The van der Waals surface area contributed by atoms with Crippen molar-refractivity contribution in [1.82, 2.24) is 5.32 Å². The Kier molecular flexibility index (Phi) is 3.81. The summed E-state index contributed by atoms with van der Waals surface area (Å²) in [6.45, 7) is 5.61. The lowest BCUT2D eigenvalue weighted by atomic mass is 10.00. The van der Waals surface area contributed by atoms with Crippen LogP contribution in [0.2, 0.25) is 0 Å². The molecule has 1 aromatic rings. The van der Waals surface area contributed by atoms with E-state index in [-0.39, 0.29) is 0 Å². The Bertz CT molecular complexity index is 299. The topological polar surface area (TPSA) is 12.0 Å². The molecule has 1 aliphatic carbocycles. The maximum absolute atomic E-state index is 3.68. The van der Waals surface area contributed by atoms with Gasteiger partial charge in [-0.2, -0.15) is 0 Å². The number of hydrogen-bond donors (Lipinski definition) is 1. The van der Waals surface area contributed by atoms with Crippen molar-refractivity contribution in [3.05, 3.63) is 21.9 Å². The molecule has 0 saturated heterocycles. The molecule has 1 N–H and O–H groups in total. The van der Waals surface area contributed by atoms with Crippen LogP contribution >= 0.6 is 11.3 Å². The predicted molar refractivity (Wildman–Crippen MR) is 67.3 cm³/mol. The van der Waals surface area contributed by atoms with E-state index >= 15 is 0 Å². The fourth-order valence-electron chi connectivity index (χ4n) is 2.46. The summed E-state index contributed by atoms with van der Waals surface area (Å²) in [7, 11) is 0. The van der Waals surface area contributed by atoms with Gasteiger partial charge in [-0.3, -0.25) is 0 Å². The molecule has 1 unspecified atom stereocenters. The van der Waals surface area contributed by atoms with Crippen LogP contribution in [0, 0.1) is 12.8 Å². The molecule has 1 nitrogen and oxygen atoms in total. The number of hydrogen-bond acceptors (Lipinski definition) is 2. The van der Waals surface area contributed by atoms with Gasteiger partial charge in [-0.15, -0.1) is 11.3 Å². The Morgan fingerprint density at radius 2 is 2.20 bits per heavy atom. The summed E-state index contributed by atoms with van der Waals surface area (Å²) in [6.07, 6.45) is 5.73. The summed E-state index contributed by atoms with van der Waals surface area (Å²) in [4.78, 5) is 1.50. The quantitative estimate of drug-likeness (QED) is 0.820. The van der Waals surface area contributed by atoms with Crippen molar-refractivity contribution in [2.24, 2.45) is 5.92 Å². The van der Waals surface area contributed by atoms with Crippen molar-refractivity contribution in [1.29, 1.82) is 0 Å². The zero-order valence-electron chi connectivity index (χ0n) is 9.75. The molecule has 0 radical (unpaired) electrons. The average Bonchev–Trinajstić information content (AvgIpc) is 2.85. The predicted octanol–water partition coefficient (Wildman–Crippen LogP) is 3.72. The number of aryl methyl sites for hydroxylation is 1. The summed E-state index contributed by atoms with van der Waals surface area (Å²) in [5, 5.41) is 5.87. The molecule has 2 heteroatoms. The zero-order valence-corrected chi connectivity index (χ0v) is 10.6. The lowest BCUT2D eigenvalue weighted by Crippen LogP contribution is -2.31. The van der Waals surface area contributed by atoms with E-state index in [1.165, 1.54) is 36.1 Å². The Morgan fingerprint density at radius 1 is 1.47 bits per heavy atom. The van der Waals surface area contributed by atoms with Gasteiger partial charge >= 0.3 is 0 Å². The van der Waals surface area contributed by atoms with Crippen LogP contribution in [0.5, 0.6) is 0 Å². The van der Waals surface area contributed by atoms with Gasteiger partial charge < -0.3 is 5.32 Å². The van der Waals surface area contributed by atoms with E-state index in [0.29, 0.717) is 6.04 Å². The molecule has 84 valence electrons. The minimum Gasteiger partial charge on any atom is -0.309 e. The molecule has 1 heterocycles. The van der Waals surface area contributed by atoms with Crippen molar-refractivity contribution in [2.45, 2.75) is 52.1 Å². The molecule has 1 fully saturated rings. The van der Waals surface area contributed by atoms with Crippen LogP contribution in [-0.2, 0) is 6.54 Å². The fourth-order valence-corrected chi connectivity index (χ4v) is 3.32. The third-order valence-corrected chi connectivity index (χ3v) is 4.68. The van der Waals surface area contributed by atoms with E-state index in [4.69, 9.17) is 0 Å². The third kappa shape index (κ3) is 2.82. The van der Waals surface area contributed by atoms with Gasteiger partial charge in [0.15, 0.2) is 0 Å². The first kappa shape index (κ1) is 11.2. The van der Waals surface area contributed by atoms with Gasteiger partial charge in [0.05, 0.1) is 0 Å². The molecule has 0 amide bonds. The summed E-state index contributed by atoms with van der Waals surface area (Å²) in [6, 6.07) is 2.90. The zero-order chi connectivity index (χ0) is 10.7. The maximum atomic E-state index is 3.68. The lowest BCUT2D eigenvalue weighted by Gasteiger charge is -2.20. The summed E-state index contributed by atoms with van der Waals surface area (Å²) < 4.78 is 0. The normalized spacial score (nSPS) is 19.6. The van der Waals surface area contributed by atoms with Crippen LogP contribution in [-0.4, -0.2) is 6.04 Å². The van der Waals surface area contributed by atoms with Crippen LogP contribution in [0.25, 0.3) is 0 Å². The minimum atomic E-state index is 0.689. The van der Waals surface area contributed by atoms with E-state index in [9.17, 15) is 0 Å². The smallest absolute Gasteiger partial charge is 0.0304 e. The van der Waals surface area contributed by atoms with Crippen molar-refractivity contribution < 1.29 is 0 Å². The molecular formula is C13H21NS. The Labute approximate surface area is 96.9 Å². The second-order valence-electron chi connectivity index (χ2n) is 4.74. The lowest BCUT2D eigenvalue weighted by molar-refractivity contribution is 0.381. The molecule has 1 aromatic heterocycles. The molecule has 1 atom stereocenters. The summed E-state index contributed by atoms with van der Waals surface area (Å²) >= 11 is 1.87. The SMILES string of the molecule is Cc1ccsc1CNC(C)C1CCCC1. The van der Waals surface area contributed by atoms with Crippen LogP contribution in [0.4, 0.5) is 0 Å². The van der Waals surface area contributed by atoms with Crippen molar-refractivity contribution in [2.75, 3.05) is 0 Å². The molecule has 2 rings (SSSR count). The van der Waals surface area contributed by atoms with E-state index < -0.39 is 0 Å². The molecule has 1 saturated carbocycles. The van der Waals surface area contributed by atoms with Gasteiger partial charge in [-0.05, 0) is 49.6 Å². The fraction of sp³-hybridized carbons (Fsp3) is 0.692. The molecule has 0 aliphatic heterocycles. The highest BCUT2D eigenvalue weighted by Gasteiger charge is 2.20. The standard InChI is InChI=1S/C13H21NS/c1-10-7-8-15-13(10)9-14-11(2)12-5-3-4-6-12/h7-8,11-12,14H,3-6,9H2,1-2H3. The number of thiophene rings is 1. The molecule has 0 aromatic carbocycles. The van der Waals surface area contributed by atoms with E-state index in [1.807, 2.05) is 11.3 Å². The van der Waals surface area contributed by atoms with Gasteiger partial charge in [-0.1, -0.05) is 12.8 Å². The summed E-state index contributed by atoms with van der Waals surface area (Å²) in [5.74, 6) is 0.922. The Hall–Kier alpha value is -0.340. The second kappa shape index (κ2) is 5.13. The van der Waals surface area contributed by atoms with Crippen molar-refractivity contribution >= 4 is 11.3 Å². The van der Waals surface area contributed by atoms with Crippen LogP contribution in [0.15, 0.2) is 11.4 Å². The first-order chi connectivity index (χ1) is 7.27. The minimum absolute atomic E-state index is 0.689. The summed E-state index contributed by atoms with van der Waals surface area (Å²) in [5.41, 5.74) is 1.44. The number of rotatable bonds is 4. The van der Waals surface area contributed by atoms with Gasteiger partial charge in [0.1, 0.15) is 0 Å².